The van der Waals surface area contributed by atoms with Crippen LogP contribution in [-0.4, -0.2) is 22.6 Å². The molecule has 0 radical (unpaired) electrons. The van der Waals surface area contributed by atoms with Gasteiger partial charge in [0, 0.05) is 0 Å². The fourth-order valence-electron chi connectivity index (χ4n) is 2.25. The number of nitrogens with one attached hydrogen (secondary N) is 1. The summed E-state index contributed by atoms with van der Waals surface area (Å²) in [6.45, 7) is 0.909. The van der Waals surface area contributed by atoms with Crippen molar-refractivity contribution in [1.29, 1.82) is 0 Å². The molecule has 0 bridgehead atoms. The van der Waals surface area contributed by atoms with Gasteiger partial charge in [-0.25, -0.2) is 4.68 Å². The Morgan fingerprint density at radius 1 is 1.33 bits per heavy atom. The van der Waals surface area contributed by atoms with Gasteiger partial charge in [-0.3, -0.25) is 5.32 Å². The van der Waals surface area contributed by atoms with Crippen LogP contribution in [0.3, 0.4) is 0 Å². The van der Waals surface area contributed by atoms with Crippen molar-refractivity contribution in [3.63, 3.8) is 0 Å². The molecule has 1 aliphatic heterocycles. The highest BCUT2D eigenvalue weighted by molar-refractivity contribution is 5.37. The zero-order valence-corrected chi connectivity index (χ0v) is 11.1. The lowest BCUT2D eigenvalue weighted by atomic mass is 10.2. The molecule has 3 rings (SSSR count). The van der Waals surface area contributed by atoms with Crippen LogP contribution < -0.4 is 10.1 Å². The van der Waals surface area contributed by atoms with E-state index in [4.69, 9.17) is 4.74 Å². The second-order valence-corrected chi connectivity index (χ2v) is 4.87. The molecular weight excluding hydrogens is 283 g/mol. The van der Waals surface area contributed by atoms with Crippen molar-refractivity contribution in [1.82, 2.24) is 15.1 Å². The highest BCUT2D eigenvalue weighted by Crippen LogP contribution is 2.30. The molecule has 1 unspecified atom stereocenters. The minimum atomic E-state index is -4.36. The lowest BCUT2D eigenvalue weighted by Crippen LogP contribution is -2.27. The van der Waals surface area contributed by atoms with E-state index in [-0.39, 0.29) is 6.23 Å². The minimum Gasteiger partial charge on any atom is -0.472 e. The molecule has 112 valence electrons. The summed E-state index contributed by atoms with van der Waals surface area (Å²) in [5, 5.41) is 7.22. The van der Waals surface area contributed by atoms with Gasteiger partial charge < -0.3 is 4.74 Å². The van der Waals surface area contributed by atoms with Gasteiger partial charge in [-0.05, 0) is 37.6 Å². The first-order valence-electron chi connectivity index (χ1n) is 6.65. The molecule has 1 aromatic heterocycles. The Balaban J connectivity index is 1.79. The molecular formula is C14H14F3N3O. The van der Waals surface area contributed by atoms with Crippen molar-refractivity contribution in [3.8, 4) is 11.4 Å². The summed E-state index contributed by atoms with van der Waals surface area (Å²) in [7, 11) is 0. The van der Waals surface area contributed by atoms with Gasteiger partial charge in [0.15, 0.2) is 5.75 Å². The molecule has 1 aliphatic rings. The van der Waals surface area contributed by atoms with Crippen molar-refractivity contribution in [2.75, 3.05) is 6.54 Å². The Labute approximate surface area is 119 Å². The van der Waals surface area contributed by atoms with E-state index in [1.54, 1.807) is 12.3 Å². The Morgan fingerprint density at radius 2 is 2.19 bits per heavy atom. The molecule has 0 spiro atoms. The lowest BCUT2D eigenvalue weighted by molar-refractivity contribution is -0.137. The summed E-state index contributed by atoms with van der Waals surface area (Å²) in [5.74, 6) is 0.534. The number of benzene rings is 1. The third-order valence-electron chi connectivity index (χ3n) is 3.29. The van der Waals surface area contributed by atoms with E-state index in [0.717, 1.165) is 31.5 Å². The maximum atomic E-state index is 12.7. The third kappa shape index (κ3) is 3.18. The Bertz CT molecular complexity index is 618. The summed E-state index contributed by atoms with van der Waals surface area (Å²) in [5.41, 5.74) is -0.352. The van der Waals surface area contributed by atoms with Gasteiger partial charge in [-0.1, -0.05) is 6.07 Å². The summed E-state index contributed by atoms with van der Waals surface area (Å²) >= 11 is 0. The van der Waals surface area contributed by atoms with Gasteiger partial charge in [0.25, 0.3) is 0 Å². The molecule has 1 fully saturated rings. The van der Waals surface area contributed by atoms with E-state index in [2.05, 4.69) is 10.4 Å². The monoisotopic (exact) mass is 297 g/mol. The predicted octanol–water partition coefficient (Wildman–Crippen LogP) is 2.98. The largest absolute Gasteiger partial charge is 0.472 e. The van der Waals surface area contributed by atoms with Crippen LogP contribution in [0.25, 0.3) is 5.69 Å². The lowest BCUT2D eigenvalue weighted by Gasteiger charge is -2.11. The molecule has 2 heterocycles. The van der Waals surface area contributed by atoms with E-state index in [9.17, 15) is 13.2 Å². The normalized spacial score (nSPS) is 18.9. The number of hydrogen-bond acceptors (Lipinski definition) is 3. The second-order valence-electron chi connectivity index (χ2n) is 4.87. The summed E-state index contributed by atoms with van der Waals surface area (Å²) in [6, 6.07) is 5.02. The Kier molecular flexibility index (Phi) is 3.59. The molecule has 21 heavy (non-hydrogen) atoms. The van der Waals surface area contributed by atoms with Gasteiger partial charge >= 0.3 is 6.18 Å². The van der Waals surface area contributed by atoms with E-state index in [1.807, 2.05) is 0 Å². The molecule has 1 N–H and O–H groups in total. The van der Waals surface area contributed by atoms with Crippen molar-refractivity contribution in [3.05, 3.63) is 42.2 Å². The zero-order valence-electron chi connectivity index (χ0n) is 11.1. The second kappa shape index (κ2) is 5.40. The van der Waals surface area contributed by atoms with Crippen molar-refractivity contribution in [2.24, 2.45) is 0 Å². The molecule has 7 heteroatoms. The van der Waals surface area contributed by atoms with Gasteiger partial charge in [0.2, 0.25) is 0 Å². The molecule has 0 saturated carbocycles. The van der Waals surface area contributed by atoms with E-state index in [1.165, 1.54) is 16.9 Å². The quantitative estimate of drug-likeness (QED) is 0.946. The molecule has 4 nitrogen and oxygen atoms in total. The molecule has 1 atom stereocenters. The van der Waals surface area contributed by atoms with Crippen LogP contribution in [0.5, 0.6) is 5.75 Å². The minimum absolute atomic E-state index is 0.0517. The van der Waals surface area contributed by atoms with Crippen molar-refractivity contribution >= 4 is 0 Å². The van der Waals surface area contributed by atoms with E-state index < -0.39 is 11.7 Å². The van der Waals surface area contributed by atoms with Crippen LogP contribution in [0.4, 0.5) is 13.2 Å². The van der Waals surface area contributed by atoms with Crippen LogP contribution in [0, 0.1) is 0 Å². The predicted molar refractivity (Wildman–Crippen MR) is 70.2 cm³/mol. The topological polar surface area (TPSA) is 39.1 Å². The Morgan fingerprint density at radius 3 is 2.90 bits per heavy atom. The number of alkyl halides is 3. The molecule has 1 aromatic carbocycles. The molecule has 0 aliphatic carbocycles. The average molecular weight is 297 g/mol. The van der Waals surface area contributed by atoms with Crippen LogP contribution in [0.1, 0.15) is 18.4 Å². The van der Waals surface area contributed by atoms with Gasteiger partial charge in [0.1, 0.15) is 6.23 Å². The summed E-state index contributed by atoms with van der Waals surface area (Å²) < 4.78 is 45.1. The summed E-state index contributed by atoms with van der Waals surface area (Å²) in [6.07, 6.45) is 0.622. The first-order valence-corrected chi connectivity index (χ1v) is 6.65. The first-order chi connectivity index (χ1) is 10.0. The number of halogens is 3. The van der Waals surface area contributed by atoms with Crippen LogP contribution in [0.15, 0.2) is 36.7 Å². The first kappa shape index (κ1) is 13.9. The van der Waals surface area contributed by atoms with Gasteiger partial charge in [0.05, 0.1) is 23.6 Å². The number of ether oxygens (including phenoxy) is 1. The van der Waals surface area contributed by atoms with Gasteiger partial charge in [-0.15, -0.1) is 0 Å². The highest BCUT2D eigenvalue weighted by atomic mass is 19.4. The molecule has 1 saturated heterocycles. The third-order valence-corrected chi connectivity index (χ3v) is 3.29. The number of nitrogens with zero attached hydrogens (tertiary/aromatic N) is 2. The maximum absolute atomic E-state index is 12.7. The van der Waals surface area contributed by atoms with Crippen LogP contribution >= 0.6 is 0 Å². The number of aromatic nitrogens is 2. The molecule has 0 amide bonds. The van der Waals surface area contributed by atoms with E-state index >= 15 is 0 Å². The smallest absolute Gasteiger partial charge is 0.416 e. The van der Waals surface area contributed by atoms with Crippen molar-refractivity contribution in [2.45, 2.75) is 25.2 Å². The molecule has 2 aromatic rings. The number of rotatable bonds is 3. The van der Waals surface area contributed by atoms with Crippen LogP contribution in [-0.2, 0) is 6.18 Å². The maximum Gasteiger partial charge on any atom is 0.416 e. The fraction of sp³-hybridized carbons (Fsp3) is 0.357. The van der Waals surface area contributed by atoms with Gasteiger partial charge in [-0.2, -0.15) is 18.3 Å². The summed E-state index contributed by atoms with van der Waals surface area (Å²) in [4.78, 5) is 0. The van der Waals surface area contributed by atoms with Crippen LogP contribution in [0.2, 0.25) is 0 Å². The standard InChI is InChI=1S/C14H14F3N3O/c15-14(16,17)10-3-1-4-11(7-10)20-9-12(8-19-20)21-13-5-2-6-18-13/h1,3-4,7-9,13,18H,2,5-6H2. The highest BCUT2D eigenvalue weighted by Gasteiger charge is 2.30. The number of hydrogen-bond donors (Lipinski definition) is 1. The SMILES string of the molecule is FC(F)(F)c1cccc(-n2cc(OC3CCCN3)cn2)c1. The van der Waals surface area contributed by atoms with Crippen molar-refractivity contribution < 1.29 is 17.9 Å². The zero-order chi connectivity index (χ0) is 14.9. The average Bonchev–Trinajstić information content (AvgIpc) is 3.10. The fourth-order valence-corrected chi connectivity index (χ4v) is 2.25. The van der Waals surface area contributed by atoms with E-state index in [0.29, 0.717) is 11.4 Å². The Hall–Kier alpha value is -2.02.